The average Bonchev–Trinajstić information content (AvgIpc) is 2.45. The molecule has 5 nitrogen and oxygen atoms in total. The molecule has 0 aliphatic rings. The van der Waals surface area contributed by atoms with E-state index in [1.165, 1.54) is 21.3 Å². The largest absolute Gasteiger partial charge is 0.496 e. The highest BCUT2D eigenvalue weighted by Gasteiger charge is 2.23. The van der Waals surface area contributed by atoms with Crippen molar-refractivity contribution in [1.29, 1.82) is 0 Å². The van der Waals surface area contributed by atoms with E-state index in [0.29, 0.717) is 28.1 Å². The Morgan fingerprint density at radius 3 is 2.05 bits per heavy atom. The van der Waals surface area contributed by atoms with Crippen LogP contribution in [0, 0.1) is 0 Å². The van der Waals surface area contributed by atoms with Gasteiger partial charge in [-0.15, -0.1) is 0 Å². The minimum absolute atomic E-state index is 0.229. The Labute approximate surface area is 127 Å². The summed E-state index contributed by atoms with van der Waals surface area (Å²) in [6.07, 6.45) is 0. The first-order valence-electron chi connectivity index (χ1n) is 6.07. The van der Waals surface area contributed by atoms with Crippen molar-refractivity contribution >= 4 is 21.8 Å². The maximum atomic E-state index is 12.4. The molecule has 0 fully saturated rings. The van der Waals surface area contributed by atoms with Crippen LogP contribution in [0.3, 0.4) is 0 Å². The van der Waals surface area contributed by atoms with Gasteiger partial charge in [0.05, 0.1) is 26.9 Å². The lowest BCUT2D eigenvalue weighted by molar-refractivity contribution is 0.0917. The van der Waals surface area contributed by atoms with E-state index in [-0.39, 0.29) is 11.4 Å². The minimum Gasteiger partial charge on any atom is -0.496 e. The van der Waals surface area contributed by atoms with Crippen LogP contribution in [0.2, 0.25) is 0 Å². The Morgan fingerprint density at radius 1 is 1.10 bits per heavy atom. The zero-order valence-electron chi connectivity index (χ0n) is 12.4. The van der Waals surface area contributed by atoms with Crippen molar-refractivity contribution in [2.45, 2.75) is 19.4 Å². The molecule has 0 bridgehead atoms. The van der Waals surface area contributed by atoms with E-state index in [1.807, 2.05) is 13.8 Å². The molecule has 0 heterocycles. The van der Waals surface area contributed by atoms with Crippen LogP contribution >= 0.6 is 15.9 Å². The quantitative estimate of drug-likeness (QED) is 0.805. The number of nitrogens with one attached hydrogen (secondary N) is 1. The van der Waals surface area contributed by atoms with Crippen molar-refractivity contribution in [3.63, 3.8) is 0 Å². The van der Waals surface area contributed by atoms with Crippen molar-refractivity contribution in [2.24, 2.45) is 0 Å². The molecule has 112 valence electrons. The van der Waals surface area contributed by atoms with Gasteiger partial charge in [0.15, 0.2) is 11.5 Å². The summed E-state index contributed by atoms with van der Waals surface area (Å²) in [4.78, 5) is 12.4. The number of hydrogen-bond donors (Lipinski definition) is 1. The van der Waals surface area contributed by atoms with Crippen LogP contribution in [0.1, 0.15) is 24.2 Å². The van der Waals surface area contributed by atoms with Gasteiger partial charge in [0, 0.05) is 23.0 Å². The van der Waals surface area contributed by atoms with E-state index in [9.17, 15) is 4.79 Å². The number of hydrogen-bond acceptors (Lipinski definition) is 4. The third-order valence-electron chi connectivity index (χ3n) is 2.74. The summed E-state index contributed by atoms with van der Waals surface area (Å²) in [7, 11) is 4.56. The Morgan fingerprint density at radius 2 is 1.60 bits per heavy atom. The van der Waals surface area contributed by atoms with Gasteiger partial charge in [-0.2, -0.15) is 0 Å². The van der Waals surface area contributed by atoms with Crippen molar-refractivity contribution in [2.75, 3.05) is 26.7 Å². The van der Waals surface area contributed by atoms with Crippen LogP contribution < -0.4 is 19.5 Å². The second kappa shape index (κ2) is 6.83. The second-order valence-electron chi connectivity index (χ2n) is 4.88. The van der Waals surface area contributed by atoms with Crippen molar-refractivity contribution < 1.29 is 19.0 Å². The summed E-state index contributed by atoms with van der Waals surface area (Å²) in [5, 5.41) is 3.56. The summed E-state index contributed by atoms with van der Waals surface area (Å²) in [5.74, 6) is 1.20. The van der Waals surface area contributed by atoms with Crippen LogP contribution in [0.25, 0.3) is 0 Å². The lowest BCUT2D eigenvalue weighted by atomic mass is 10.1. The number of methoxy groups -OCH3 is 3. The molecule has 0 saturated heterocycles. The number of amides is 1. The van der Waals surface area contributed by atoms with Gasteiger partial charge in [-0.1, -0.05) is 15.9 Å². The summed E-state index contributed by atoms with van der Waals surface area (Å²) in [6.45, 7) is 3.85. The average molecular weight is 346 g/mol. The number of halogens is 1. The molecule has 0 aromatic heterocycles. The highest BCUT2D eigenvalue weighted by atomic mass is 79.9. The van der Waals surface area contributed by atoms with Crippen molar-refractivity contribution in [1.82, 2.24) is 5.32 Å². The van der Waals surface area contributed by atoms with Crippen LogP contribution in [-0.2, 0) is 0 Å². The van der Waals surface area contributed by atoms with Gasteiger partial charge in [-0.05, 0) is 13.8 Å². The Kier molecular flexibility index (Phi) is 5.68. The van der Waals surface area contributed by atoms with E-state index in [4.69, 9.17) is 14.2 Å². The lowest BCUT2D eigenvalue weighted by Crippen LogP contribution is -2.44. The number of carbonyl (C=O) groups is 1. The maximum Gasteiger partial charge on any atom is 0.255 e. The monoisotopic (exact) mass is 345 g/mol. The number of ether oxygens (including phenoxy) is 3. The molecule has 1 amide bonds. The number of rotatable bonds is 6. The van der Waals surface area contributed by atoms with Crippen LogP contribution in [-0.4, -0.2) is 38.1 Å². The van der Waals surface area contributed by atoms with E-state index in [0.717, 1.165) is 0 Å². The van der Waals surface area contributed by atoms with Crippen molar-refractivity contribution in [3.05, 3.63) is 17.7 Å². The fourth-order valence-electron chi connectivity index (χ4n) is 1.61. The molecular formula is C14H20BrNO4. The van der Waals surface area contributed by atoms with Crippen LogP contribution in [0.4, 0.5) is 0 Å². The molecule has 0 unspecified atom stereocenters. The second-order valence-corrected chi connectivity index (χ2v) is 5.44. The molecule has 0 spiro atoms. The van der Waals surface area contributed by atoms with Gasteiger partial charge in [-0.25, -0.2) is 0 Å². The standard InChI is InChI=1S/C14H20BrNO4/c1-14(2,8-15)16-13(17)9-6-11(19-4)12(20-5)7-10(9)18-3/h6-7H,8H2,1-5H3,(H,16,17). The topological polar surface area (TPSA) is 56.8 Å². The molecule has 1 aromatic rings. The summed E-state index contributed by atoms with van der Waals surface area (Å²) in [5.41, 5.74) is 0.0362. The predicted octanol–water partition coefficient (Wildman–Crippen LogP) is 2.62. The highest BCUT2D eigenvalue weighted by molar-refractivity contribution is 9.09. The van der Waals surface area contributed by atoms with E-state index in [2.05, 4.69) is 21.2 Å². The zero-order chi connectivity index (χ0) is 15.3. The molecule has 1 rings (SSSR count). The minimum atomic E-state index is -0.366. The molecule has 0 saturated carbocycles. The Hall–Kier alpha value is -1.43. The van der Waals surface area contributed by atoms with Crippen LogP contribution in [0.15, 0.2) is 12.1 Å². The lowest BCUT2D eigenvalue weighted by Gasteiger charge is -2.24. The molecule has 1 N–H and O–H groups in total. The first-order valence-corrected chi connectivity index (χ1v) is 7.19. The van der Waals surface area contributed by atoms with E-state index in [1.54, 1.807) is 12.1 Å². The predicted molar refractivity (Wildman–Crippen MR) is 81.4 cm³/mol. The zero-order valence-corrected chi connectivity index (χ0v) is 14.0. The van der Waals surface area contributed by atoms with E-state index < -0.39 is 0 Å². The third kappa shape index (κ3) is 3.79. The molecular weight excluding hydrogens is 326 g/mol. The molecule has 0 aliphatic heterocycles. The molecule has 0 radical (unpaired) electrons. The van der Waals surface area contributed by atoms with Crippen LogP contribution in [0.5, 0.6) is 17.2 Å². The van der Waals surface area contributed by atoms with E-state index >= 15 is 0 Å². The molecule has 6 heteroatoms. The molecule has 1 aromatic carbocycles. The summed E-state index contributed by atoms with van der Waals surface area (Å²) in [6, 6.07) is 3.24. The normalized spacial score (nSPS) is 10.9. The van der Waals surface area contributed by atoms with Gasteiger partial charge in [0.25, 0.3) is 5.91 Å². The first-order chi connectivity index (χ1) is 9.38. The Bertz CT molecular complexity index is 488. The fraction of sp³-hybridized carbons (Fsp3) is 0.500. The number of alkyl halides is 1. The van der Waals surface area contributed by atoms with Gasteiger partial charge in [0.2, 0.25) is 0 Å². The maximum absolute atomic E-state index is 12.4. The highest BCUT2D eigenvalue weighted by Crippen LogP contribution is 2.34. The van der Waals surface area contributed by atoms with Crippen molar-refractivity contribution in [3.8, 4) is 17.2 Å². The number of carbonyl (C=O) groups excluding carboxylic acids is 1. The van der Waals surface area contributed by atoms with Gasteiger partial charge in [-0.3, -0.25) is 4.79 Å². The first kappa shape index (κ1) is 16.6. The molecule has 0 atom stereocenters. The molecule has 20 heavy (non-hydrogen) atoms. The summed E-state index contributed by atoms with van der Waals surface area (Å²) >= 11 is 3.37. The number of benzene rings is 1. The Balaban J connectivity index is 3.19. The SMILES string of the molecule is COc1cc(OC)c(C(=O)NC(C)(C)CBr)cc1OC. The fourth-order valence-corrected chi connectivity index (χ4v) is 1.75. The van der Waals surface area contributed by atoms with Gasteiger partial charge >= 0.3 is 0 Å². The van der Waals surface area contributed by atoms with Gasteiger partial charge < -0.3 is 19.5 Å². The molecule has 0 aliphatic carbocycles. The van der Waals surface area contributed by atoms with Gasteiger partial charge in [0.1, 0.15) is 5.75 Å². The smallest absolute Gasteiger partial charge is 0.255 e. The third-order valence-corrected chi connectivity index (χ3v) is 4.14. The summed E-state index contributed by atoms with van der Waals surface area (Å²) < 4.78 is 15.7.